The normalized spacial score (nSPS) is 10.6. The Kier molecular flexibility index (Phi) is 6.96. The van der Waals surface area contributed by atoms with Crippen LogP contribution in [0.2, 0.25) is 0 Å². The molecule has 0 saturated carbocycles. The summed E-state index contributed by atoms with van der Waals surface area (Å²) >= 11 is 1.22. The lowest BCUT2D eigenvalue weighted by atomic mass is 10.2. The molecule has 0 aliphatic heterocycles. The Morgan fingerprint density at radius 2 is 1.86 bits per heavy atom. The van der Waals surface area contributed by atoms with Crippen molar-refractivity contribution in [3.8, 4) is 17.1 Å². The molecule has 0 fully saturated rings. The van der Waals surface area contributed by atoms with E-state index < -0.39 is 11.9 Å². The molecule has 0 aliphatic rings. The minimum atomic E-state index is -0.490. The van der Waals surface area contributed by atoms with Crippen LogP contribution in [-0.4, -0.2) is 44.0 Å². The van der Waals surface area contributed by atoms with Crippen LogP contribution in [0.15, 0.2) is 53.9 Å². The van der Waals surface area contributed by atoms with E-state index in [0.717, 1.165) is 23.2 Å². The average Bonchev–Trinajstić information content (AvgIpc) is 3.15. The second-order valence-electron chi connectivity index (χ2n) is 6.26. The summed E-state index contributed by atoms with van der Waals surface area (Å²) in [4.78, 5) is 27.8. The molecule has 3 aromatic rings. The minimum Gasteiger partial charge on any atom is -0.338 e. The Labute approximate surface area is 173 Å². The maximum atomic E-state index is 12.1. The number of carbonyl (C=O) groups excluding carboxylic acids is 2. The average molecular weight is 411 g/mol. The van der Waals surface area contributed by atoms with Crippen molar-refractivity contribution < 1.29 is 9.59 Å². The summed E-state index contributed by atoms with van der Waals surface area (Å²) in [5, 5.41) is 14.1. The van der Waals surface area contributed by atoms with Gasteiger partial charge in [-0.3, -0.25) is 19.7 Å². The number of aryl methyl sites for hydroxylation is 1. The highest BCUT2D eigenvalue weighted by Crippen LogP contribution is 2.29. The van der Waals surface area contributed by atoms with Crippen molar-refractivity contribution in [1.29, 1.82) is 0 Å². The number of rotatable bonds is 7. The number of amides is 3. The molecular formula is C20H22N6O2S. The Bertz CT molecular complexity index is 990. The first-order chi connectivity index (χ1) is 14.1. The quantitative estimate of drug-likeness (QED) is 0.581. The van der Waals surface area contributed by atoms with Gasteiger partial charge in [-0.1, -0.05) is 36.9 Å². The summed E-state index contributed by atoms with van der Waals surface area (Å²) in [5.41, 5.74) is 2.84. The zero-order valence-corrected chi connectivity index (χ0v) is 17.1. The van der Waals surface area contributed by atoms with E-state index in [1.165, 1.54) is 11.8 Å². The second kappa shape index (κ2) is 9.83. The number of urea groups is 1. The number of carbonyl (C=O) groups is 2. The molecule has 3 amide bonds. The lowest BCUT2D eigenvalue weighted by molar-refractivity contribution is -0.117. The molecule has 2 N–H and O–H groups in total. The zero-order chi connectivity index (χ0) is 20.6. The highest BCUT2D eigenvalue weighted by atomic mass is 32.2. The molecule has 2 aromatic heterocycles. The molecule has 150 valence electrons. The number of thioether (sulfide) groups is 1. The van der Waals surface area contributed by atoms with Crippen molar-refractivity contribution in [2.75, 3.05) is 12.3 Å². The number of aromatic nitrogens is 4. The van der Waals surface area contributed by atoms with Crippen molar-refractivity contribution in [3.63, 3.8) is 0 Å². The summed E-state index contributed by atoms with van der Waals surface area (Å²) in [6.07, 6.45) is 4.19. The first-order valence-corrected chi connectivity index (χ1v) is 10.2. The van der Waals surface area contributed by atoms with E-state index in [4.69, 9.17) is 0 Å². The molecule has 0 bridgehead atoms. The SMILES string of the molecule is CCCNC(=O)NC(=O)CSc1nnc(-c2ccncc2)n1-c1ccccc1C. The number of para-hydroxylation sites is 1. The third-order valence-corrected chi connectivity index (χ3v) is 4.98. The Balaban J connectivity index is 1.84. The number of nitrogens with zero attached hydrogens (tertiary/aromatic N) is 4. The number of imide groups is 1. The predicted octanol–water partition coefficient (Wildman–Crippen LogP) is 2.97. The van der Waals surface area contributed by atoms with Gasteiger partial charge in [0.1, 0.15) is 0 Å². The van der Waals surface area contributed by atoms with Gasteiger partial charge in [0, 0.05) is 24.5 Å². The van der Waals surface area contributed by atoms with Crippen molar-refractivity contribution in [2.24, 2.45) is 0 Å². The van der Waals surface area contributed by atoms with Crippen molar-refractivity contribution in [3.05, 3.63) is 54.4 Å². The predicted molar refractivity (Wildman–Crippen MR) is 112 cm³/mol. The van der Waals surface area contributed by atoms with Gasteiger partial charge in [-0.05, 0) is 37.1 Å². The van der Waals surface area contributed by atoms with Crippen LogP contribution >= 0.6 is 11.8 Å². The van der Waals surface area contributed by atoms with E-state index in [1.807, 2.05) is 54.8 Å². The fourth-order valence-electron chi connectivity index (χ4n) is 2.66. The standard InChI is InChI=1S/C20H22N6O2S/c1-3-10-22-19(28)23-17(27)13-29-20-25-24-18(15-8-11-21-12-9-15)26(20)16-7-5-4-6-14(16)2/h4-9,11-12H,3,10,13H2,1-2H3,(H2,22,23,27,28). The monoisotopic (exact) mass is 410 g/mol. The summed E-state index contributed by atoms with van der Waals surface area (Å²) in [6.45, 7) is 4.46. The highest BCUT2D eigenvalue weighted by molar-refractivity contribution is 7.99. The summed E-state index contributed by atoms with van der Waals surface area (Å²) in [5.74, 6) is 0.304. The first kappa shape index (κ1) is 20.5. The number of hydrogen-bond donors (Lipinski definition) is 2. The lowest BCUT2D eigenvalue weighted by Gasteiger charge is -2.12. The summed E-state index contributed by atoms with van der Waals surface area (Å²) in [7, 11) is 0. The zero-order valence-electron chi connectivity index (χ0n) is 16.3. The maximum absolute atomic E-state index is 12.1. The molecule has 0 radical (unpaired) electrons. The smallest absolute Gasteiger partial charge is 0.321 e. The molecule has 29 heavy (non-hydrogen) atoms. The minimum absolute atomic E-state index is 0.0416. The van der Waals surface area contributed by atoms with Crippen molar-refractivity contribution in [2.45, 2.75) is 25.4 Å². The van der Waals surface area contributed by atoms with E-state index in [1.54, 1.807) is 12.4 Å². The molecule has 0 atom stereocenters. The van der Waals surface area contributed by atoms with Gasteiger partial charge < -0.3 is 5.32 Å². The third kappa shape index (κ3) is 5.20. The molecule has 2 heterocycles. The molecule has 9 heteroatoms. The van der Waals surface area contributed by atoms with Gasteiger partial charge in [0.15, 0.2) is 11.0 Å². The van der Waals surface area contributed by atoms with Crippen molar-refractivity contribution >= 4 is 23.7 Å². The largest absolute Gasteiger partial charge is 0.338 e. The van der Waals surface area contributed by atoms with E-state index >= 15 is 0 Å². The van der Waals surface area contributed by atoms with Gasteiger partial charge in [-0.15, -0.1) is 10.2 Å². The fraction of sp³-hybridized carbons (Fsp3) is 0.250. The van der Waals surface area contributed by atoms with Gasteiger partial charge in [0.05, 0.1) is 11.4 Å². The third-order valence-electron chi connectivity index (χ3n) is 4.05. The van der Waals surface area contributed by atoms with E-state index in [-0.39, 0.29) is 5.75 Å². The van der Waals surface area contributed by atoms with E-state index in [9.17, 15) is 9.59 Å². The van der Waals surface area contributed by atoms with Gasteiger partial charge in [0.25, 0.3) is 0 Å². The van der Waals surface area contributed by atoms with Crippen LogP contribution in [0.4, 0.5) is 4.79 Å². The van der Waals surface area contributed by atoms with Crippen LogP contribution in [0, 0.1) is 6.92 Å². The number of hydrogen-bond acceptors (Lipinski definition) is 6. The number of pyridine rings is 1. The van der Waals surface area contributed by atoms with Crippen LogP contribution in [0.5, 0.6) is 0 Å². The fourth-order valence-corrected chi connectivity index (χ4v) is 3.40. The molecule has 0 saturated heterocycles. The molecule has 0 unspecified atom stereocenters. The molecular weight excluding hydrogens is 388 g/mol. The number of benzene rings is 1. The van der Waals surface area contributed by atoms with Crippen molar-refractivity contribution in [1.82, 2.24) is 30.4 Å². The Morgan fingerprint density at radius 3 is 2.59 bits per heavy atom. The van der Waals surface area contributed by atoms with Gasteiger partial charge in [-0.25, -0.2) is 4.79 Å². The maximum Gasteiger partial charge on any atom is 0.321 e. The van der Waals surface area contributed by atoms with Crippen LogP contribution in [0.25, 0.3) is 17.1 Å². The molecule has 3 rings (SSSR count). The van der Waals surface area contributed by atoms with Gasteiger partial charge >= 0.3 is 6.03 Å². The lowest BCUT2D eigenvalue weighted by Crippen LogP contribution is -2.40. The molecule has 1 aromatic carbocycles. The topological polar surface area (TPSA) is 102 Å². The van der Waals surface area contributed by atoms with Crippen LogP contribution in [0.1, 0.15) is 18.9 Å². The van der Waals surface area contributed by atoms with Crippen LogP contribution in [-0.2, 0) is 4.79 Å². The Morgan fingerprint density at radius 1 is 1.10 bits per heavy atom. The summed E-state index contributed by atoms with van der Waals surface area (Å²) < 4.78 is 1.92. The van der Waals surface area contributed by atoms with Gasteiger partial charge in [0.2, 0.25) is 5.91 Å². The molecule has 0 aliphatic carbocycles. The van der Waals surface area contributed by atoms with E-state index in [2.05, 4.69) is 25.8 Å². The molecule has 8 nitrogen and oxygen atoms in total. The molecule has 0 spiro atoms. The van der Waals surface area contributed by atoms with E-state index in [0.29, 0.717) is 17.5 Å². The second-order valence-corrected chi connectivity index (χ2v) is 7.20. The summed E-state index contributed by atoms with van der Waals surface area (Å²) in [6, 6.07) is 11.1. The van der Waals surface area contributed by atoms with Crippen LogP contribution in [0.3, 0.4) is 0 Å². The highest BCUT2D eigenvalue weighted by Gasteiger charge is 2.18. The number of nitrogens with one attached hydrogen (secondary N) is 2. The van der Waals surface area contributed by atoms with Gasteiger partial charge in [-0.2, -0.15) is 0 Å². The van der Waals surface area contributed by atoms with Crippen LogP contribution < -0.4 is 10.6 Å². The Hall–Kier alpha value is -3.20. The first-order valence-electron chi connectivity index (χ1n) is 9.22.